The van der Waals surface area contributed by atoms with Gasteiger partial charge in [-0.2, -0.15) is 0 Å². The average molecular weight is 402 g/mol. The van der Waals surface area contributed by atoms with Crippen LogP contribution in [0.2, 0.25) is 0 Å². The molecule has 1 aromatic rings. The van der Waals surface area contributed by atoms with Crippen molar-refractivity contribution in [3.63, 3.8) is 0 Å². The molecule has 3 unspecified atom stereocenters. The summed E-state index contributed by atoms with van der Waals surface area (Å²) in [6.07, 6.45) is 6.75. The zero-order valence-electron chi connectivity index (χ0n) is 18.3. The van der Waals surface area contributed by atoms with E-state index in [1.165, 1.54) is 63.8 Å². The molecule has 0 aromatic heterocycles. The Morgan fingerprint density at radius 1 is 1.07 bits per heavy atom. The van der Waals surface area contributed by atoms with Crippen LogP contribution in [0.15, 0.2) is 24.3 Å². The van der Waals surface area contributed by atoms with Gasteiger partial charge in [0.25, 0.3) is 0 Å². The van der Waals surface area contributed by atoms with E-state index in [1.54, 1.807) is 7.11 Å². The third-order valence-corrected chi connectivity index (χ3v) is 7.10. The second kappa shape index (κ2) is 10.3. The third kappa shape index (κ3) is 5.72. The van der Waals surface area contributed by atoms with E-state index in [0.717, 1.165) is 31.4 Å². The number of nitrogens with zero attached hydrogens (tertiary/aromatic N) is 2. The van der Waals surface area contributed by atoms with E-state index in [0.29, 0.717) is 18.2 Å². The Morgan fingerprint density at radius 3 is 2.59 bits per heavy atom. The van der Waals surface area contributed by atoms with Gasteiger partial charge < -0.3 is 19.7 Å². The Bertz CT molecular complexity index is 626. The van der Waals surface area contributed by atoms with E-state index in [9.17, 15) is 0 Å². The third-order valence-electron chi connectivity index (χ3n) is 7.10. The first-order chi connectivity index (χ1) is 14.2. The van der Waals surface area contributed by atoms with Crippen molar-refractivity contribution in [2.75, 3.05) is 46.4 Å². The largest absolute Gasteiger partial charge is 0.496 e. The first kappa shape index (κ1) is 21.1. The van der Waals surface area contributed by atoms with Crippen LogP contribution in [-0.4, -0.2) is 74.4 Å². The summed E-state index contributed by atoms with van der Waals surface area (Å²) in [5.74, 6) is 1.73. The van der Waals surface area contributed by atoms with Crippen LogP contribution in [0, 0.1) is 5.92 Å². The highest BCUT2D eigenvalue weighted by molar-refractivity contribution is 5.33. The van der Waals surface area contributed by atoms with Crippen molar-refractivity contribution in [2.24, 2.45) is 5.92 Å². The molecule has 5 nitrogen and oxygen atoms in total. The molecular weight excluding hydrogens is 362 g/mol. The number of hydrogen-bond acceptors (Lipinski definition) is 5. The molecule has 0 amide bonds. The van der Waals surface area contributed by atoms with Gasteiger partial charge in [-0.1, -0.05) is 25.1 Å². The maximum atomic E-state index is 5.84. The van der Waals surface area contributed by atoms with Crippen LogP contribution >= 0.6 is 0 Å². The molecule has 1 aromatic carbocycles. The first-order valence-electron chi connectivity index (χ1n) is 11.7. The quantitative estimate of drug-likeness (QED) is 0.760. The van der Waals surface area contributed by atoms with Gasteiger partial charge in [-0.3, -0.25) is 4.90 Å². The predicted molar refractivity (Wildman–Crippen MR) is 117 cm³/mol. The minimum Gasteiger partial charge on any atom is -0.496 e. The number of ether oxygens (including phenoxy) is 2. The molecule has 0 radical (unpaired) electrons. The van der Waals surface area contributed by atoms with Gasteiger partial charge in [0.2, 0.25) is 0 Å². The van der Waals surface area contributed by atoms with E-state index in [2.05, 4.69) is 40.2 Å². The van der Waals surface area contributed by atoms with Gasteiger partial charge >= 0.3 is 0 Å². The molecule has 1 N–H and O–H groups in total. The van der Waals surface area contributed by atoms with Gasteiger partial charge in [-0.05, 0) is 63.7 Å². The molecule has 3 heterocycles. The number of para-hydroxylation sites is 1. The van der Waals surface area contributed by atoms with E-state index in [4.69, 9.17) is 9.47 Å². The fraction of sp³-hybridized carbons (Fsp3) is 0.750. The molecule has 3 aliphatic heterocycles. The van der Waals surface area contributed by atoms with Crippen LogP contribution in [0.25, 0.3) is 0 Å². The monoisotopic (exact) mass is 401 g/mol. The number of nitrogens with one attached hydrogen (secondary N) is 1. The Kier molecular flexibility index (Phi) is 7.46. The van der Waals surface area contributed by atoms with E-state index >= 15 is 0 Å². The Labute approximate surface area is 176 Å². The molecule has 29 heavy (non-hydrogen) atoms. The first-order valence-corrected chi connectivity index (χ1v) is 11.7. The Morgan fingerprint density at radius 2 is 1.86 bits per heavy atom. The lowest BCUT2D eigenvalue weighted by Gasteiger charge is -2.41. The van der Waals surface area contributed by atoms with Crippen LogP contribution in [0.3, 0.4) is 0 Å². The predicted octanol–water partition coefficient (Wildman–Crippen LogP) is 3.14. The molecule has 3 aliphatic rings. The summed E-state index contributed by atoms with van der Waals surface area (Å²) in [5.41, 5.74) is 1.30. The van der Waals surface area contributed by atoms with Crippen LogP contribution in [0.4, 0.5) is 0 Å². The van der Waals surface area contributed by atoms with Gasteiger partial charge in [0, 0.05) is 43.9 Å². The number of piperidine rings is 2. The van der Waals surface area contributed by atoms with Gasteiger partial charge in [-0.15, -0.1) is 0 Å². The molecule has 0 spiro atoms. The lowest BCUT2D eigenvalue weighted by Crippen LogP contribution is -2.54. The summed E-state index contributed by atoms with van der Waals surface area (Å²) in [4.78, 5) is 5.21. The van der Waals surface area contributed by atoms with Crippen molar-refractivity contribution in [2.45, 2.75) is 63.8 Å². The number of benzene rings is 1. The van der Waals surface area contributed by atoms with Gasteiger partial charge in [0.05, 0.1) is 13.2 Å². The fourth-order valence-corrected chi connectivity index (χ4v) is 5.36. The Balaban J connectivity index is 1.19. The zero-order chi connectivity index (χ0) is 20.1. The highest BCUT2D eigenvalue weighted by Gasteiger charge is 2.30. The van der Waals surface area contributed by atoms with Crippen molar-refractivity contribution >= 4 is 0 Å². The lowest BCUT2D eigenvalue weighted by atomic mass is 9.91. The maximum Gasteiger partial charge on any atom is 0.123 e. The van der Waals surface area contributed by atoms with Crippen molar-refractivity contribution in [1.82, 2.24) is 15.1 Å². The topological polar surface area (TPSA) is 37.0 Å². The normalized spacial score (nSPS) is 29.9. The van der Waals surface area contributed by atoms with Crippen LogP contribution in [-0.2, 0) is 11.3 Å². The highest BCUT2D eigenvalue weighted by Crippen LogP contribution is 2.24. The smallest absolute Gasteiger partial charge is 0.123 e. The summed E-state index contributed by atoms with van der Waals surface area (Å²) in [5, 5.41) is 4.02. The SMILES string of the molecule is COc1ccccc1CN1CCC(NC2CCN(CC3CCCO3)CC2C)CC1. The molecule has 3 fully saturated rings. The molecule has 3 saturated heterocycles. The maximum absolute atomic E-state index is 5.84. The van der Waals surface area contributed by atoms with Crippen molar-refractivity contribution in [3.05, 3.63) is 29.8 Å². The van der Waals surface area contributed by atoms with Crippen LogP contribution < -0.4 is 10.1 Å². The second-order valence-corrected chi connectivity index (χ2v) is 9.30. The second-order valence-electron chi connectivity index (χ2n) is 9.30. The summed E-state index contributed by atoms with van der Waals surface area (Å²) in [7, 11) is 1.77. The number of methoxy groups -OCH3 is 1. The minimum absolute atomic E-state index is 0.485. The molecular formula is C24H39N3O2. The van der Waals surface area contributed by atoms with Crippen LogP contribution in [0.1, 0.15) is 44.6 Å². The fourth-order valence-electron chi connectivity index (χ4n) is 5.36. The van der Waals surface area contributed by atoms with E-state index in [-0.39, 0.29) is 0 Å². The molecule has 3 atom stereocenters. The minimum atomic E-state index is 0.485. The van der Waals surface area contributed by atoms with Gasteiger partial charge in [0.1, 0.15) is 5.75 Å². The molecule has 0 saturated carbocycles. The molecule has 0 aliphatic carbocycles. The average Bonchev–Trinajstić information content (AvgIpc) is 3.25. The Hall–Kier alpha value is -1.14. The molecule has 0 bridgehead atoms. The molecule has 4 rings (SSSR count). The van der Waals surface area contributed by atoms with Gasteiger partial charge in [0.15, 0.2) is 0 Å². The van der Waals surface area contributed by atoms with Crippen molar-refractivity contribution in [3.8, 4) is 5.75 Å². The highest BCUT2D eigenvalue weighted by atomic mass is 16.5. The summed E-state index contributed by atoms with van der Waals surface area (Å²) < 4.78 is 11.4. The lowest BCUT2D eigenvalue weighted by molar-refractivity contribution is 0.0484. The summed E-state index contributed by atoms with van der Waals surface area (Å²) in [6, 6.07) is 9.75. The zero-order valence-corrected chi connectivity index (χ0v) is 18.3. The van der Waals surface area contributed by atoms with Gasteiger partial charge in [-0.25, -0.2) is 0 Å². The van der Waals surface area contributed by atoms with Crippen molar-refractivity contribution in [1.29, 1.82) is 0 Å². The number of rotatable bonds is 7. The van der Waals surface area contributed by atoms with E-state index < -0.39 is 0 Å². The summed E-state index contributed by atoms with van der Waals surface area (Å²) in [6.45, 7) is 10.3. The number of likely N-dealkylation sites (tertiary alicyclic amines) is 2. The van der Waals surface area contributed by atoms with Crippen LogP contribution in [0.5, 0.6) is 5.75 Å². The summed E-state index contributed by atoms with van der Waals surface area (Å²) >= 11 is 0. The number of hydrogen-bond donors (Lipinski definition) is 1. The standard InChI is InChI=1S/C24H39N3O2/c1-19-16-27(18-22-7-5-15-29-22)14-11-23(19)25-21-9-12-26(13-10-21)17-20-6-3-4-8-24(20)28-2/h3-4,6,8,19,21-23,25H,5,7,9-18H2,1-2H3. The molecule has 162 valence electrons. The molecule has 5 heteroatoms. The van der Waals surface area contributed by atoms with E-state index in [1.807, 2.05) is 6.07 Å². The van der Waals surface area contributed by atoms with Crippen molar-refractivity contribution < 1.29 is 9.47 Å².